The summed E-state index contributed by atoms with van der Waals surface area (Å²) in [5, 5.41) is 13.4. The monoisotopic (exact) mass is 589 g/mol. The van der Waals surface area contributed by atoms with Gasteiger partial charge in [-0.25, -0.2) is 0 Å². The summed E-state index contributed by atoms with van der Waals surface area (Å²) >= 11 is 0. The normalized spacial score (nSPS) is 13.0. The Hall–Kier alpha value is -5.77. The standard InChI is InChI=1S/C43H31N3/c44-42(30-11-2-1-3-12-30)46-43(41-33-17-7-5-13-31(33)25-39-32-16-6-4-10-28(32)21-23-37(39)41)45-26-27-20-22-34-35-18-8-14-29-15-9-19-36(40(29)35)38(34)24-27/h1-25,42H,26,44H2,(H,45,46). The maximum Gasteiger partial charge on any atom is 0.131 e. The summed E-state index contributed by atoms with van der Waals surface area (Å²) in [6.45, 7) is 0.516. The fourth-order valence-corrected chi connectivity index (χ4v) is 7.27. The highest BCUT2D eigenvalue weighted by Gasteiger charge is 2.22. The van der Waals surface area contributed by atoms with Crippen molar-refractivity contribution in [3.05, 3.63) is 168 Å². The number of nitrogens with zero attached hydrogens (tertiary/aromatic N) is 1. The van der Waals surface area contributed by atoms with Gasteiger partial charge < -0.3 is 11.1 Å². The zero-order chi connectivity index (χ0) is 30.6. The lowest BCUT2D eigenvalue weighted by Crippen LogP contribution is -2.35. The van der Waals surface area contributed by atoms with Crippen molar-refractivity contribution < 1.29 is 0 Å². The van der Waals surface area contributed by atoms with Gasteiger partial charge in [-0.15, -0.1) is 0 Å². The molecular formula is C43H31N3. The minimum absolute atomic E-state index is 0.429. The molecule has 0 saturated carbocycles. The highest BCUT2D eigenvalue weighted by molar-refractivity contribution is 6.24. The van der Waals surface area contributed by atoms with Crippen molar-refractivity contribution in [3.8, 4) is 22.3 Å². The molecule has 8 aromatic rings. The molecule has 0 radical (unpaired) electrons. The van der Waals surface area contributed by atoms with Crippen molar-refractivity contribution in [1.82, 2.24) is 5.32 Å². The van der Waals surface area contributed by atoms with Crippen molar-refractivity contribution in [2.45, 2.75) is 12.7 Å². The summed E-state index contributed by atoms with van der Waals surface area (Å²) in [7, 11) is 0. The molecule has 3 heteroatoms. The molecule has 9 rings (SSSR count). The molecule has 3 N–H and O–H groups in total. The second kappa shape index (κ2) is 10.7. The van der Waals surface area contributed by atoms with Crippen LogP contribution in [0, 0.1) is 0 Å². The van der Waals surface area contributed by atoms with Gasteiger partial charge in [0.1, 0.15) is 12.0 Å². The maximum absolute atomic E-state index is 6.85. The first kappa shape index (κ1) is 26.6. The molecule has 3 nitrogen and oxygen atoms in total. The van der Waals surface area contributed by atoms with Gasteiger partial charge in [0.25, 0.3) is 0 Å². The van der Waals surface area contributed by atoms with Crippen molar-refractivity contribution in [2.75, 3.05) is 0 Å². The van der Waals surface area contributed by atoms with Crippen LogP contribution in [-0.4, -0.2) is 5.84 Å². The number of amidine groups is 1. The molecule has 0 aromatic heterocycles. The average Bonchev–Trinajstić information content (AvgIpc) is 3.44. The molecule has 0 aliphatic heterocycles. The Balaban J connectivity index is 1.22. The van der Waals surface area contributed by atoms with Gasteiger partial charge in [0, 0.05) is 5.56 Å². The zero-order valence-electron chi connectivity index (χ0n) is 25.2. The lowest BCUT2D eigenvalue weighted by molar-refractivity contribution is 0.679. The van der Waals surface area contributed by atoms with E-state index in [1.165, 1.54) is 54.6 Å². The Kier molecular flexibility index (Phi) is 6.19. The Morgan fingerprint density at radius 3 is 2.04 bits per heavy atom. The molecule has 1 atom stereocenters. The Bertz CT molecular complexity index is 2490. The Labute approximate surface area is 267 Å². The first-order valence-corrected chi connectivity index (χ1v) is 15.8. The SMILES string of the molecule is NC(NC(=NCc1ccc2c(c1)-c1cccc3cccc-2c13)c1c2ccccc2cc2c1ccc1ccccc12)c1ccccc1. The zero-order valence-corrected chi connectivity index (χ0v) is 25.2. The molecule has 0 spiro atoms. The summed E-state index contributed by atoms with van der Waals surface area (Å²) in [4.78, 5) is 5.36. The second-order valence-corrected chi connectivity index (χ2v) is 12.1. The van der Waals surface area contributed by atoms with E-state index in [0.29, 0.717) is 6.54 Å². The fraction of sp³-hybridized carbons (Fsp3) is 0.0465. The molecule has 0 saturated heterocycles. The van der Waals surface area contributed by atoms with Gasteiger partial charge in [0.2, 0.25) is 0 Å². The van der Waals surface area contributed by atoms with Gasteiger partial charge in [-0.05, 0) is 88.6 Å². The van der Waals surface area contributed by atoms with Crippen LogP contribution >= 0.6 is 0 Å². The first-order valence-electron chi connectivity index (χ1n) is 15.8. The van der Waals surface area contributed by atoms with E-state index in [2.05, 4.69) is 139 Å². The van der Waals surface area contributed by atoms with E-state index in [1.54, 1.807) is 0 Å². The first-order chi connectivity index (χ1) is 22.7. The molecule has 1 aliphatic carbocycles. The van der Waals surface area contributed by atoms with Gasteiger partial charge in [-0.1, -0.05) is 140 Å². The third kappa shape index (κ3) is 4.28. The highest BCUT2D eigenvalue weighted by Crippen LogP contribution is 2.47. The van der Waals surface area contributed by atoms with E-state index in [0.717, 1.165) is 33.3 Å². The third-order valence-electron chi connectivity index (χ3n) is 9.45. The smallest absolute Gasteiger partial charge is 0.131 e. The van der Waals surface area contributed by atoms with E-state index in [-0.39, 0.29) is 0 Å². The van der Waals surface area contributed by atoms with Crippen LogP contribution in [0.1, 0.15) is 22.9 Å². The molecule has 46 heavy (non-hydrogen) atoms. The molecule has 1 unspecified atom stereocenters. The molecule has 8 aromatic carbocycles. The van der Waals surface area contributed by atoms with Crippen LogP contribution in [0.4, 0.5) is 0 Å². The fourth-order valence-electron chi connectivity index (χ4n) is 7.27. The van der Waals surface area contributed by atoms with E-state index in [1.807, 2.05) is 18.2 Å². The summed E-state index contributed by atoms with van der Waals surface area (Å²) in [5.41, 5.74) is 15.3. The minimum atomic E-state index is -0.429. The van der Waals surface area contributed by atoms with Crippen molar-refractivity contribution in [1.29, 1.82) is 0 Å². The highest BCUT2D eigenvalue weighted by atomic mass is 15.1. The summed E-state index contributed by atoms with van der Waals surface area (Å²) in [5.74, 6) is 0.791. The average molecular weight is 590 g/mol. The number of aliphatic imine (C=N–C) groups is 1. The van der Waals surface area contributed by atoms with Crippen LogP contribution < -0.4 is 11.1 Å². The van der Waals surface area contributed by atoms with Crippen molar-refractivity contribution >= 4 is 48.9 Å². The maximum atomic E-state index is 6.85. The van der Waals surface area contributed by atoms with Gasteiger partial charge in [-0.2, -0.15) is 0 Å². The predicted molar refractivity (Wildman–Crippen MR) is 194 cm³/mol. The third-order valence-corrected chi connectivity index (χ3v) is 9.45. The molecule has 0 fully saturated rings. The molecule has 218 valence electrons. The number of nitrogens with one attached hydrogen (secondary N) is 1. The number of fused-ring (bicyclic) bond motifs is 7. The number of rotatable bonds is 5. The minimum Gasteiger partial charge on any atom is -0.351 e. The quantitative estimate of drug-likeness (QED) is 0.0690. The van der Waals surface area contributed by atoms with Crippen LogP contribution in [0.2, 0.25) is 0 Å². The number of hydrogen-bond acceptors (Lipinski definition) is 2. The summed E-state index contributed by atoms with van der Waals surface area (Å²) in [6.07, 6.45) is -0.429. The molecule has 0 bridgehead atoms. The molecule has 0 heterocycles. The lowest BCUT2D eigenvalue weighted by Gasteiger charge is -2.21. The second-order valence-electron chi connectivity index (χ2n) is 12.1. The lowest BCUT2D eigenvalue weighted by atomic mass is 9.92. The van der Waals surface area contributed by atoms with E-state index in [9.17, 15) is 0 Å². The summed E-state index contributed by atoms with van der Waals surface area (Å²) in [6, 6.07) is 54.1. The van der Waals surface area contributed by atoms with E-state index < -0.39 is 6.17 Å². The van der Waals surface area contributed by atoms with Crippen molar-refractivity contribution in [2.24, 2.45) is 10.7 Å². The van der Waals surface area contributed by atoms with Crippen LogP contribution in [-0.2, 0) is 6.54 Å². The van der Waals surface area contributed by atoms with Gasteiger partial charge in [0.05, 0.1) is 6.54 Å². The van der Waals surface area contributed by atoms with Crippen LogP contribution in [0.25, 0.3) is 65.3 Å². The van der Waals surface area contributed by atoms with Crippen LogP contribution in [0.5, 0.6) is 0 Å². The van der Waals surface area contributed by atoms with E-state index >= 15 is 0 Å². The number of benzene rings is 8. The summed E-state index contributed by atoms with van der Waals surface area (Å²) < 4.78 is 0. The van der Waals surface area contributed by atoms with Gasteiger partial charge in [0.15, 0.2) is 0 Å². The van der Waals surface area contributed by atoms with Crippen LogP contribution in [0.15, 0.2) is 157 Å². The largest absolute Gasteiger partial charge is 0.351 e. The number of hydrogen-bond donors (Lipinski definition) is 2. The van der Waals surface area contributed by atoms with Gasteiger partial charge >= 0.3 is 0 Å². The molecule has 1 aliphatic rings. The van der Waals surface area contributed by atoms with Crippen molar-refractivity contribution in [3.63, 3.8) is 0 Å². The van der Waals surface area contributed by atoms with E-state index in [4.69, 9.17) is 10.7 Å². The Morgan fingerprint density at radius 1 is 0.522 bits per heavy atom. The topological polar surface area (TPSA) is 50.4 Å². The Morgan fingerprint density at radius 2 is 1.22 bits per heavy atom. The molecule has 0 amide bonds. The predicted octanol–water partition coefficient (Wildman–Crippen LogP) is 10.1. The molecular weight excluding hydrogens is 558 g/mol. The van der Waals surface area contributed by atoms with Crippen LogP contribution in [0.3, 0.4) is 0 Å². The van der Waals surface area contributed by atoms with Gasteiger partial charge in [-0.3, -0.25) is 4.99 Å². The number of nitrogens with two attached hydrogens (primary N) is 1.